The summed E-state index contributed by atoms with van der Waals surface area (Å²) in [7, 11) is 0. The fourth-order valence-corrected chi connectivity index (χ4v) is 3.25. The lowest BCUT2D eigenvalue weighted by atomic mass is 10.2. The van der Waals surface area contributed by atoms with Gasteiger partial charge in [0.2, 0.25) is 0 Å². The standard InChI is InChI=1S/C14H12ClNO2S/c1-7-14(19-8(2)16-7)12(17)11-6-9-4-3-5-10(15)13(9)18-11/h3-6,12,17H,1-2H3. The van der Waals surface area contributed by atoms with Gasteiger partial charge in [0.05, 0.1) is 20.6 Å². The Balaban J connectivity index is 2.09. The summed E-state index contributed by atoms with van der Waals surface area (Å²) in [4.78, 5) is 5.13. The average Bonchev–Trinajstić information content (AvgIpc) is 2.93. The van der Waals surface area contributed by atoms with Crippen LogP contribution in [0.3, 0.4) is 0 Å². The molecule has 0 fully saturated rings. The number of hydrogen-bond acceptors (Lipinski definition) is 4. The summed E-state index contributed by atoms with van der Waals surface area (Å²) >= 11 is 7.55. The zero-order valence-electron chi connectivity index (χ0n) is 10.5. The lowest BCUT2D eigenvalue weighted by Crippen LogP contribution is -1.97. The van der Waals surface area contributed by atoms with Crippen molar-refractivity contribution in [3.05, 3.63) is 50.6 Å². The third-order valence-corrected chi connectivity index (χ3v) is 4.40. The van der Waals surface area contributed by atoms with E-state index in [1.165, 1.54) is 11.3 Å². The van der Waals surface area contributed by atoms with Gasteiger partial charge in [0.1, 0.15) is 11.9 Å². The van der Waals surface area contributed by atoms with E-state index >= 15 is 0 Å². The van der Waals surface area contributed by atoms with E-state index in [9.17, 15) is 5.11 Å². The highest BCUT2D eigenvalue weighted by Crippen LogP contribution is 2.34. The molecule has 0 aliphatic rings. The number of rotatable bonds is 2. The van der Waals surface area contributed by atoms with E-state index in [2.05, 4.69) is 4.98 Å². The number of nitrogens with zero attached hydrogens (tertiary/aromatic N) is 1. The Kier molecular flexibility index (Phi) is 3.09. The highest BCUT2D eigenvalue weighted by molar-refractivity contribution is 7.11. The van der Waals surface area contributed by atoms with E-state index in [1.54, 1.807) is 6.07 Å². The highest BCUT2D eigenvalue weighted by atomic mass is 35.5. The quantitative estimate of drug-likeness (QED) is 0.768. The maximum Gasteiger partial charge on any atom is 0.153 e. The maximum atomic E-state index is 10.4. The molecule has 19 heavy (non-hydrogen) atoms. The van der Waals surface area contributed by atoms with Crippen molar-refractivity contribution >= 4 is 33.9 Å². The van der Waals surface area contributed by atoms with Gasteiger partial charge in [-0.25, -0.2) is 4.98 Å². The SMILES string of the molecule is Cc1nc(C)c(C(O)c2cc3cccc(Cl)c3o2)s1. The van der Waals surface area contributed by atoms with Crippen molar-refractivity contribution in [2.45, 2.75) is 20.0 Å². The lowest BCUT2D eigenvalue weighted by molar-refractivity contribution is 0.195. The number of aliphatic hydroxyl groups excluding tert-OH is 1. The summed E-state index contributed by atoms with van der Waals surface area (Å²) in [6, 6.07) is 7.36. The van der Waals surface area contributed by atoms with Crippen LogP contribution in [0.25, 0.3) is 11.0 Å². The number of benzene rings is 1. The molecule has 3 nitrogen and oxygen atoms in total. The van der Waals surface area contributed by atoms with Gasteiger partial charge in [-0.15, -0.1) is 11.3 Å². The first-order valence-corrected chi connectivity index (χ1v) is 7.05. The van der Waals surface area contributed by atoms with Crippen LogP contribution in [0.5, 0.6) is 0 Å². The third-order valence-electron chi connectivity index (χ3n) is 2.97. The number of aliphatic hydroxyl groups is 1. The second-order valence-corrected chi connectivity index (χ2v) is 6.03. The molecule has 0 amide bonds. The van der Waals surface area contributed by atoms with E-state index in [0.29, 0.717) is 16.4 Å². The number of hydrogen-bond donors (Lipinski definition) is 1. The van der Waals surface area contributed by atoms with Gasteiger partial charge < -0.3 is 9.52 Å². The second-order valence-electron chi connectivity index (χ2n) is 4.39. The van der Waals surface area contributed by atoms with Crippen LogP contribution in [0.2, 0.25) is 5.02 Å². The molecule has 2 heterocycles. The van der Waals surface area contributed by atoms with Gasteiger partial charge in [0.15, 0.2) is 5.58 Å². The fourth-order valence-electron chi connectivity index (χ4n) is 2.11. The predicted molar refractivity (Wildman–Crippen MR) is 76.9 cm³/mol. The van der Waals surface area contributed by atoms with Gasteiger partial charge in [-0.05, 0) is 26.0 Å². The van der Waals surface area contributed by atoms with Gasteiger partial charge in [0.25, 0.3) is 0 Å². The highest BCUT2D eigenvalue weighted by Gasteiger charge is 2.21. The molecule has 0 radical (unpaired) electrons. The zero-order chi connectivity index (χ0) is 13.6. The molecule has 3 rings (SSSR count). The molecule has 3 aromatic rings. The fraction of sp³-hybridized carbons (Fsp3) is 0.214. The van der Waals surface area contributed by atoms with E-state index in [0.717, 1.165) is 21.0 Å². The van der Waals surface area contributed by atoms with Crippen LogP contribution in [0, 0.1) is 13.8 Å². The van der Waals surface area contributed by atoms with Crippen LogP contribution >= 0.6 is 22.9 Å². The van der Waals surface area contributed by atoms with Crippen LogP contribution in [0.15, 0.2) is 28.7 Å². The molecule has 0 bridgehead atoms. The van der Waals surface area contributed by atoms with Crippen LogP contribution in [0.1, 0.15) is 27.4 Å². The Bertz CT molecular complexity index is 747. The van der Waals surface area contributed by atoms with E-state index < -0.39 is 6.10 Å². The van der Waals surface area contributed by atoms with Crippen LogP contribution < -0.4 is 0 Å². The smallest absolute Gasteiger partial charge is 0.153 e. The summed E-state index contributed by atoms with van der Waals surface area (Å²) in [6.07, 6.45) is -0.797. The molecule has 1 atom stereocenters. The Morgan fingerprint density at radius 3 is 2.79 bits per heavy atom. The first-order chi connectivity index (χ1) is 9.06. The largest absolute Gasteiger partial charge is 0.456 e. The van der Waals surface area contributed by atoms with Crippen molar-refractivity contribution in [2.75, 3.05) is 0 Å². The van der Waals surface area contributed by atoms with E-state index in [1.807, 2.05) is 32.0 Å². The van der Waals surface area contributed by atoms with Crippen molar-refractivity contribution in [3.63, 3.8) is 0 Å². The molecule has 1 N–H and O–H groups in total. The summed E-state index contributed by atoms with van der Waals surface area (Å²) in [5.74, 6) is 0.495. The van der Waals surface area contributed by atoms with Crippen molar-refractivity contribution in [2.24, 2.45) is 0 Å². The molecule has 2 aromatic heterocycles. The van der Waals surface area contributed by atoms with Crippen molar-refractivity contribution in [1.82, 2.24) is 4.98 Å². The minimum Gasteiger partial charge on any atom is -0.456 e. The van der Waals surface area contributed by atoms with E-state index in [-0.39, 0.29) is 0 Å². The minimum atomic E-state index is -0.797. The summed E-state index contributed by atoms with van der Waals surface area (Å²) < 4.78 is 5.68. The summed E-state index contributed by atoms with van der Waals surface area (Å²) in [5, 5.41) is 12.8. The third kappa shape index (κ3) is 2.16. The lowest BCUT2D eigenvalue weighted by Gasteiger charge is -2.05. The molecule has 0 saturated carbocycles. The number of thiazole rings is 1. The topological polar surface area (TPSA) is 46.3 Å². The molecule has 1 unspecified atom stereocenters. The maximum absolute atomic E-state index is 10.4. The molecular formula is C14H12ClNO2S. The number of furan rings is 1. The van der Waals surface area contributed by atoms with Crippen LogP contribution in [0.4, 0.5) is 0 Å². The normalized spacial score (nSPS) is 13.1. The zero-order valence-corrected chi connectivity index (χ0v) is 12.0. The van der Waals surface area contributed by atoms with Gasteiger partial charge in [0, 0.05) is 5.39 Å². The van der Waals surface area contributed by atoms with Crippen molar-refractivity contribution in [3.8, 4) is 0 Å². The molecule has 0 aliphatic carbocycles. The van der Waals surface area contributed by atoms with Crippen molar-refractivity contribution < 1.29 is 9.52 Å². The molecule has 0 aliphatic heterocycles. The number of para-hydroxylation sites is 1. The predicted octanol–water partition coefficient (Wildman–Crippen LogP) is 4.24. The molecule has 0 saturated heterocycles. The second kappa shape index (κ2) is 4.63. The van der Waals surface area contributed by atoms with Crippen molar-refractivity contribution in [1.29, 1.82) is 0 Å². The Hall–Kier alpha value is -1.36. The molecule has 98 valence electrons. The number of halogens is 1. The van der Waals surface area contributed by atoms with Gasteiger partial charge >= 0.3 is 0 Å². The molecular weight excluding hydrogens is 282 g/mol. The Morgan fingerprint density at radius 2 is 2.16 bits per heavy atom. The van der Waals surface area contributed by atoms with Crippen LogP contribution in [-0.2, 0) is 0 Å². The molecule has 0 spiro atoms. The summed E-state index contributed by atoms with van der Waals surface area (Å²) in [5.41, 5.74) is 1.44. The van der Waals surface area contributed by atoms with Gasteiger partial charge in [-0.1, -0.05) is 23.7 Å². The van der Waals surface area contributed by atoms with E-state index in [4.69, 9.17) is 16.0 Å². The summed E-state index contributed by atoms with van der Waals surface area (Å²) in [6.45, 7) is 3.81. The Morgan fingerprint density at radius 1 is 1.37 bits per heavy atom. The first kappa shape index (κ1) is 12.7. The van der Waals surface area contributed by atoms with Gasteiger partial charge in [-0.2, -0.15) is 0 Å². The molecule has 1 aromatic carbocycles. The molecule has 5 heteroatoms. The van der Waals surface area contributed by atoms with Crippen LogP contribution in [-0.4, -0.2) is 10.1 Å². The number of aromatic nitrogens is 1. The number of aryl methyl sites for hydroxylation is 2. The average molecular weight is 294 g/mol. The monoisotopic (exact) mass is 293 g/mol. The first-order valence-electron chi connectivity index (χ1n) is 5.86. The Labute approximate surface area is 119 Å². The van der Waals surface area contributed by atoms with Gasteiger partial charge in [-0.3, -0.25) is 0 Å². The number of fused-ring (bicyclic) bond motifs is 1. The minimum absolute atomic E-state index is 0.495.